The highest BCUT2D eigenvalue weighted by Gasteiger charge is 2.08. The number of rotatable bonds is 0. The first-order valence-electron chi connectivity index (χ1n) is 2.37. The zero-order chi connectivity index (χ0) is 6.10. The Kier molecular flexibility index (Phi) is 0.717. The lowest BCUT2D eigenvalue weighted by Gasteiger charge is -2.00. The highest BCUT2D eigenvalue weighted by atomic mass is 17.3. The number of nitrogens with zero attached hydrogens (tertiary/aromatic N) is 2. The minimum Gasteiger partial charge on any atom is -0.273 e. The average Bonchev–Trinajstić information content (AvgIpc) is 2.33. The summed E-state index contributed by atoms with van der Waals surface area (Å²) in [7, 11) is 0. The van der Waals surface area contributed by atoms with Crippen molar-refractivity contribution < 1.29 is 9.88 Å². The van der Waals surface area contributed by atoms with Crippen LogP contribution in [0.1, 0.15) is 5.69 Å². The van der Waals surface area contributed by atoms with Gasteiger partial charge in [0.15, 0.2) is 0 Å². The van der Waals surface area contributed by atoms with Crippen LogP contribution in [0.25, 0.3) is 0 Å². The average molecular weight is 125 g/mol. The summed E-state index contributed by atoms with van der Waals surface area (Å²) in [5.74, 6) is 0.560. The monoisotopic (exact) mass is 125 g/mol. The SMILES string of the molecule is C1=NOOc2cn[nH]c21. The van der Waals surface area contributed by atoms with Crippen LogP contribution in [0.15, 0.2) is 11.4 Å². The van der Waals surface area contributed by atoms with Crippen molar-refractivity contribution in [3.63, 3.8) is 0 Å². The van der Waals surface area contributed by atoms with Crippen molar-refractivity contribution in [3.05, 3.63) is 11.9 Å². The van der Waals surface area contributed by atoms with E-state index in [0.717, 1.165) is 5.69 Å². The molecule has 0 unspecified atom stereocenters. The highest BCUT2D eigenvalue weighted by molar-refractivity contribution is 5.80. The molecule has 0 aliphatic carbocycles. The fourth-order valence-corrected chi connectivity index (χ4v) is 0.580. The summed E-state index contributed by atoms with van der Waals surface area (Å²) in [6.07, 6.45) is 3.01. The Labute approximate surface area is 50.2 Å². The molecule has 0 amide bonds. The summed E-state index contributed by atoms with van der Waals surface area (Å²) < 4.78 is 0. The number of nitrogens with one attached hydrogen (secondary N) is 1. The van der Waals surface area contributed by atoms with E-state index in [1.54, 1.807) is 0 Å². The molecule has 9 heavy (non-hydrogen) atoms. The molecule has 5 nitrogen and oxygen atoms in total. The van der Waals surface area contributed by atoms with Gasteiger partial charge in [0.05, 0.1) is 6.20 Å². The maximum Gasteiger partial charge on any atom is 0.227 e. The maximum atomic E-state index is 4.57. The minimum absolute atomic E-state index is 0.560. The van der Waals surface area contributed by atoms with Gasteiger partial charge in [-0.15, -0.1) is 0 Å². The van der Waals surface area contributed by atoms with Crippen LogP contribution in [-0.4, -0.2) is 16.4 Å². The zero-order valence-corrected chi connectivity index (χ0v) is 4.37. The predicted octanol–water partition coefficient (Wildman–Crippen LogP) is 0.0676. The number of aromatic nitrogens is 2. The van der Waals surface area contributed by atoms with E-state index in [-0.39, 0.29) is 0 Å². The van der Waals surface area contributed by atoms with Gasteiger partial charge in [-0.25, -0.2) is 0 Å². The normalized spacial score (nSPS) is 13.8. The topological polar surface area (TPSA) is 59.5 Å². The molecule has 0 spiro atoms. The molecule has 0 saturated carbocycles. The number of oxime groups is 1. The van der Waals surface area contributed by atoms with Crippen molar-refractivity contribution in [2.24, 2.45) is 5.16 Å². The maximum absolute atomic E-state index is 4.57. The third-order valence-electron chi connectivity index (χ3n) is 0.984. The van der Waals surface area contributed by atoms with Gasteiger partial charge in [0.2, 0.25) is 5.75 Å². The molecule has 1 aromatic heterocycles. The van der Waals surface area contributed by atoms with Gasteiger partial charge >= 0.3 is 0 Å². The Morgan fingerprint density at radius 1 is 1.56 bits per heavy atom. The number of fused-ring (bicyclic) bond motifs is 1. The molecule has 1 aliphatic heterocycles. The van der Waals surface area contributed by atoms with E-state index >= 15 is 0 Å². The van der Waals surface area contributed by atoms with Gasteiger partial charge in [-0.1, -0.05) is 0 Å². The van der Waals surface area contributed by atoms with Crippen molar-refractivity contribution in [1.82, 2.24) is 10.2 Å². The van der Waals surface area contributed by atoms with Crippen molar-refractivity contribution in [2.45, 2.75) is 0 Å². The van der Waals surface area contributed by atoms with E-state index in [0.29, 0.717) is 5.75 Å². The van der Waals surface area contributed by atoms with Crippen molar-refractivity contribution in [3.8, 4) is 5.75 Å². The molecule has 0 bridgehead atoms. The Morgan fingerprint density at radius 3 is 3.44 bits per heavy atom. The van der Waals surface area contributed by atoms with Gasteiger partial charge in [0, 0.05) is 0 Å². The first-order chi connectivity index (χ1) is 4.47. The molecule has 46 valence electrons. The van der Waals surface area contributed by atoms with Gasteiger partial charge in [-0.2, -0.15) is 10.1 Å². The molecule has 5 heteroatoms. The van der Waals surface area contributed by atoms with Crippen LogP contribution in [0.4, 0.5) is 0 Å². The van der Waals surface area contributed by atoms with Gasteiger partial charge in [0.1, 0.15) is 11.9 Å². The predicted molar refractivity (Wildman–Crippen MR) is 27.9 cm³/mol. The smallest absolute Gasteiger partial charge is 0.227 e. The van der Waals surface area contributed by atoms with Crippen LogP contribution in [0, 0.1) is 0 Å². The van der Waals surface area contributed by atoms with Gasteiger partial charge in [0.25, 0.3) is 0 Å². The van der Waals surface area contributed by atoms with E-state index in [4.69, 9.17) is 0 Å². The first kappa shape index (κ1) is 4.37. The lowest BCUT2D eigenvalue weighted by atomic mass is 10.4. The molecule has 1 aromatic rings. The number of hydrogen-bond acceptors (Lipinski definition) is 4. The van der Waals surface area contributed by atoms with E-state index in [1.807, 2.05) is 0 Å². The Bertz CT molecular complexity index is 242. The molecule has 0 aromatic carbocycles. The summed E-state index contributed by atoms with van der Waals surface area (Å²) in [4.78, 5) is 8.84. The second-order valence-electron chi connectivity index (χ2n) is 1.54. The number of hydrogen-bond donors (Lipinski definition) is 1. The lowest BCUT2D eigenvalue weighted by Crippen LogP contribution is -1.99. The van der Waals surface area contributed by atoms with Gasteiger partial charge in [-0.05, 0) is 5.16 Å². The summed E-state index contributed by atoms with van der Waals surface area (Å²) >= 11 is 0. The van der Waals surface area contributed by atoms with Crippen LogP contribution in [0.2, 0.25) is 0 Å². The van der Waals surface area contributed by atoms with Crippen molar-refractivity contribution >= 4 is 6.21 Å². The fraction of sp³-hybridized carbons (Fsp3) is 0. The second-order valence-corrected chi connectivity index (χ2v) is 1.54. The van der Waals surface area contributed by atoms with Crippen molar-refractivity contribution in [2.75, 3.05) is 0 Å². The van der Waals surface area contributed by atoms with Crippen LogP contribution in [-0.2, 0) is 4.99 Å². The van der Waals surface area contributed by atoms with Crippen molar-refractivity contribution in [1.29, 1.82) is 0 Å². The number of H-pyrrole nitrogens is 1. The molecule has 0 fully saturated rings. The Balaban J connectivity index is 2.53. The molecule has 1 N–H and O–H groups in total. The van der Waals surface area contributed by atoms with E-state index in [9.17, 15) is 0 Å². The molecule has 1 aliphatic rings. The fourth-order valence-electron chi connectivity index (χ4n) is 0.580. The quantitative estimate of drug-likeness (QED) is 0.499. The Hall–Kier alpha value is -1.52. The third-order valence-corrected chi connectivity index (χ3v) is 0.984. The van der Waals surface area contributed by atoms with Crippen LogP contribution < -0.4 is 4.89 Å². The molecule has 2 heterocycles. The molecule has 2 rings (SSSR count). The summed E-state index contributed by atoms with van der Waals surface area (Å²) in [6, 6.07) is 0. The minimum atomic E-state index is 0.560. The van der Waals surface area contributed by atoms with Crippen LogP contribution in [0.5, 0.6) is 5.75 Å². The van der Waals surface area contributed by atoms with Crippen LogP contribution in [0.3, 0.4) is 0 Å². The highest BCUT2D eigenvalue weighted by Crippen LogP contribution is 2.15. The van der Waals surface area contributed by atoms with Crippen LogP contribution >= 0.6 is 0 Å². The van der Waals surface area contributed by atoms with Gasteiger partial charge < -0.3 is 0 Å². The zero-order valence-electron chi connectivity index (χ0n) is 4.37. The summed E-state index contributed by atoms with van der Waals surface area (Å²) in [5.41, 5.74) is 0.723. The molecule has 0 radical (unpaired) electrons. The standard InChI is InChI=1S/C4H3N3O2/c1-3-4(2-5-7-3)8-9-6-1/h1-2H,(H,5,7). The number of aromatic amines is 1. The van der Waals surface area contributed by atoms with E-state index in [2.05, 4.69) is 25.2 Å². The Morgan fingerprint density at radius 2 is 2.56 bits per heavy atom. The summed E-state index contributed by atoms with van der Waals surface area (Å²) in [5, 5.41) is 9.71. The summed E-state index contributed by atoms with van der Waals surface area (Å²) in [6.45, 7) is 0. The van der Waals surface area contributed by atoms with E-state index in [1.165, 1.54) is 12.4 Å². The lowest BCUT2D eigenvalue weighted by molar-refractivity contribution is -0.209. The molecular weight excluding hydrogens is 122 g/mol. The molecule has 0 atom stereocenters. The van der Waals surface area contributed by atoms with E-state index < -0.39 is 0 Å². The third kappa shape index (κ3) is 0.543. The second kappa shape index (κ2) is 1.48. The largest absolute Gasteiger partial charge is 0.273 e. The first-order valence-corrected chi connectivity index (χ1v) is 2.37. The molecular formula is C4H3N3O2. The molecule has 0 saturated heterocycles. The van der Waals surface area contributed by atoms with Gasteiger partial charge in [-0.3, -0.25) is 9.99 Å².